The molecule has 1 aliphatic rings. The summed E-state index contributed by atoms with van der Waals surface area (Å²) in [5.41, 5.74) is 0. The number of aliphatic hydroxyl groups is 3. The second-order valence-corrected chi connectivity index (χ2v) is 3.44. The lowest BCUT2D eigenvalue weighted by Crippen LogP contribution is -2.56. The molecule has 0 aromatic carbocycles. The molecule has 0 aromatic rings. The molecule has 1 heterocycles. The maximum absolute atomic E-state index is 9.64. The van der Waals surface area contributed by atoms with Crippen molar-refractivity contribution in [1.29, 1.82) is 5.26 Å². The predicted octanol–water partition coefficient (Wildman–Crippen LogP) is -1.25. The van der Waals surface area contributed by atoms with Gasteiger partial charge in [0.05, 0.1) is 38.4 Å². The van der Waals surface area contributed by atoms with E-state index in [0.29, 0.717) is 0 Å². The molecule has 6 heteroatoms. The average Bonchev–Trinajstić information content (AvgIpc) is 2.22. The Bertz CT molecular complexity index is 241. The topological polar surface area (TPSA) is 103 Å². The van der Waals surface area contributed by atoms with Crippen molar-refractivity contribution < 1.29 is 24.8 Å². The summed E-state index contributed by atoms with van der Waals surface area (Å²) >= 11 is 0. The van der Waals surface area contributed by atoms with E-state index in [-0.39, 0.29) is 26.1 Å². The summed E-state index contributed by atoms with van der Waals surface area (Å²) in [6, 6.07) is 1.88. The number of ether oxygens (including phenoxy) is 2. The summed E-state index contributed by atoms with van der Waals surface area (Å²) in [5.74, 6) is -1.49. The molecule has 6 nitrogen and oxygen atoms in total. The van der Waals surface area contributed by atoms with Crippen molar-refractivity contribution in [3.63, 3.8) is 0 Å². The summed E-state index contributed by atoms with van der Waals surface area (Å²) in [6.45, 7) is -0.430. The molecule has 15 heavy (non-hydrogen) atoms. The molecule has 1 aliphatic heterocycles. The highest BCUT2D eigenvalue weighted by atomic mass is 16.7. The minimum absolute atomic E-state index is 0.00414. The van der Waals surface area contributed by atoms with E-state index >= 15 is 0 Å². The number of aliphatic hydroxyl groups excluding tert-OH is 3. The quantitative estimate of drug-likeness (QED) is 0.508. The first-order chi connectivity index (χ1) is 7.14. The highest BCUT2D eigenvalue weighted by Gasteiger charge is 2.44. The van der Waals surface area contributed by atoms with Gasteiger partial charge in [0.15, 0.2) is 0 Å². The second kappa shape index (κ2) is 5.39. The largest absolute Gasteiger partial charge is 0.391 e. The fraction of sp³-hybridized carbons (Fsp3) is 0.889. The Labute approximate surface area is 87.7 Å². The summed E-state index contributed by atoms with van der Waals surface area (Å²) in [7, 11) is 0. The number of hydrogen-bond donors (Lipinski definition) is 3. The van der Waals surface area contributed by atoms with Crippen LogP contribution in [-0.4, -0.2) is 53.1 Å². The third-order valence-corrected chi connectivity index (χ3v) is 2.30. The standard InChI is InChI=1S/C9H15NO5/c10-2-1-3-14-9(6-11)8(13)4-7(12)5-15-9/h7-8,11-13H,1,3-6H2/t7-,8?,9+/m0/s1. The van der Waals surface area contributed by atoms with Crippen molar-refractivity contribution in [3.8, 4) is 6.07 Å². The van der Waals surface area contributed by atoms with Gasteiger partial charge in [-0.05, 0) is 0 Å². The van der Waals surface area contributed by atoms with Crippen LogP contribution in [0.5, 0.6) is 0 Å². The molecule has 0 amide bonds. The minimum atomic E-state index is -1.49. The van der Waals surface area contributed by atoms with Crippen LogP contribution in [0.15, 0.2) is 0 Å². The Morgan fingerprint density at radius 3 is 2.80 bits per heavy atom. The summed E-state index contributed by atoms with van der Waals surface area (Å²) < 4.78 is 10.3. The van der Waals surface area contributed by atoms with E-state index in [2.05, 4.69) is 0 Å². The molecule has 1 saturated heterocycles. The van der Waals surface area contributed by atoms with Crippen LogP contribution in [0.3, 0.4) is 0 Å². The van der Waals surface area contributed by atoms with Gasteiger partial charge in [-0.15, -0.1) is 0 Å². The average molecular weight is 217 g/mol. The highest BCUT2D eigenvalue weighted by Crippen LogP contribution is 2.26. The van der Waals surface area contributed by atoms with Gasteiger partial charge in [0.1, 0.15) is 6.10 Å². The van der Waals surface area contributed by atoms with Crippen LogP contribution in [-0.2, 0) is 9.47 Å². The van der Waals surface area contributed by atoms with Gasteiger partial charge in [0.25, 0.3) is 0 Å². The van der Waals surface area contributed by atoms with Crippen LogP contribution in [0.4, 0.5) is 0 Å². The van der Waals surface area contributed by atoms with Gasteiger partial charge >= 0.3 is 0 Å². The first-order valence-corrected chi connectivity index (χ1v) is 4.76. The van der Waals surface area contributed by atoms with Crippen molar-refractivity contribution in [2.24, 2.45) is 0 Å². The lowest BCUT2D eigenvalue weighted by atomic mass is 10.0. The van der Waals surface area contributed by atoms with Crippen molar-refractivity contribution in [3.05, 3.63) is 0 Å². The van der Waals surface area contributed by atoms with E-state index in [0.717, 1.165) is 0 Å². The van der Waals surface area contributed by atoms with E-state index in [1.165, 1.54) is 0 Å². The van der Waals surface area contributed by atoms with Gasteiger partial charge in [-0.3, -0.25) is 0 Å². The lowest BCUT2D eigenvalue weighted by molar-refractivity contribution is -0.326. The van der Waals surface area contributed by atoms with E-state index in [1.807, 2.05) is 6.07 Å². The molecule has 3 N–H and O–H groups in total. The molecule has 1 fully saturated rings. The molecule has 0 aromatic heterocycles. The zero-order valence-corrected chi connectivity index (χ0v) is 8.30. The SMILES string of the molecule is N#CCCO[C@]1(CO)OC[C@@H](O)CC1O. The fourth-order valence-electron chi connectivity index (χ4n) is 1.44. The molecule has 0 saturated carbocycles. The first-order valence-electron chi connectivity index (χ1n) is 4.76. The Hall–Kier alpha value is -0.710. The molecule has 1 rings (SSSR count). The minimum Gasteiger partial charge on any atom is -0.391 e. The van der Waals surface area contributed by atoms with Gasteiger partial charge in [0.2, 0.25) is 5.79 Å². The lowest BCUT2D eigenvalue weighted by Gasteiger charge is -2.40. The van der Waals surface area contributed by atoms with Gasteiger partial charge in [-0.25, -0.2) is 0 Å². The van der Waals surface area contributed by atoms with E-state index in [4.69, 9.17) is 19.8 Å². The van der Waals surface area contributed by atoms with Gasteiger partial charge in [0, 0.05) is 6.42 Å². The van der Waals surface area contributed by atoms with E-state index in [9.17, 15) is 10.2 Å². The summed E-state index contributed by atoms with van der Waals surface area (Å²) in [4.78, 5) is 0. The maximum atomic E-state index is 9.64. The molecular formula is C9H15NO5. The van der Waals surface area contributed by atoms with E-state index < -0.39 is 24.6 Å². The zero-order chi connectivity index (χ0) is 11.3. The van der Waals surface area contributed by atoms with Crippen LogP contribution in [0.25, 0.3) is 0 Å². The molecule has 0 aliphatic carbocycles. The number of rotatable bonds is 4. The molecule has 0 spiro atoms. The zero-order valence-electron chi connectivity index (χ0n) is 8.30. The van der Waals surface area contributed by atoms with Gasteiger partial charge in [-0.2, -0.15) is 5.26 Å². The number of nitriles is 1. The van der Waals surface area contributed by atoms with Crippen LogP contribution >= 0.6 is 0 Å². The summed E-state index contributed by atoms with van der Waals surface area (Å²) in [5, 5.41) is 36.3. The Balaban J connectivity index is 2.55. The van der Waals surface area contributed by atoms with Crippen molar-refractivity contribution >= 4 is 0 Å². The van der Waals surface area contributed by atoms with Crippen molar-refractivity contribution in [1.82, 2.24) is 0 Å². The number of nitrogens with zero attached hydrogens (tertiary/aromatic N) is 1. The van der Waals surface area contributed by atoms with E-state index in [1.54, 1.807) is 0 Å². The second-order valence-electron chi connectivity index (χ2n) is 3.44. The van der Waals surface area contributed by atoms with Crippen LogP contribution < -0.4 is 0 Å². The van der Waals surface area contributed by atoms with Crippen molar-refractivity contribution in [2.45, 2.75) is 30.8 Å². The normalized spacial score (nSPS) is 36.1. The van der Waals surface area contributed by atoms with Gasteiger partial charge in [-0.1, -0.05) is 0 Å². The molecule has 1 unspecified atom stereocenters. The third-order valence-electron chi connectivity index (χ3n) is 2.30. The summed E-state index contributed by atoms with van der Waals surface area (Å²) in [6.07, 6.45) is -1.60. The Morgan fingerprint density at radius 2 is 2.27 bits per heavy atom. The molecule has 0 radical (unpaired) electrons. The smallest absolute Gasteiger partial charge is 0.218 e. The molecule has 0 bridgehead atoms. The van der Waals surface area contributed by atoms with Crippen LogP contribution in [0, 0.1) is 11.3 Å². The fourth-order valence-corrected chi connectivity index (χ4v) is 1.44. The Morgan fingerprint density at radius 1 is 1.53 bits per heavy atom. The molecule has 3 atom stereocenters. The molecular weight excluding hydrogens is 202 g/mol. The van der Waals surface area contributed by atoms with Crippen LogP contribution in [0.1, 0.15) is 12.8 Å². The highest BCUT2D eigenvalue weighted by molar-refractivity contribution is 4.86. The van der Waals surface area contributed by atoms with Crippen molar-refractivity contribution in [2.75, 3.05) is 19.8 Å². The first kappa shape index (κ1) is 12.4. The maximum Gasteiger partial charge on any atom is 0.218 e. The van der Waals surface area contributed by atoms with Crippen LogP contribution in [0.2, 0.25) is 0 Å². The third kappa shape index (κ3) is 2.87. The monoisotopic (exact) mass is 217 g/mol. The Kier molecular flexibility index (Phi) is 4.45. The molecule has 86 valence electrons. The number of hydrogen-bond acceptors (Lipinski definition) is 6. The van der Waals surface area contributed by atoms with Gasteiger partial charge < -0.3 is 24.8 Å². The predicted molar refractivity (Wildman–Crippen MR) is 48.6 cm³/mol.